The molecule has 0 aliphatic rings. The maximum absolute atomic E-state index is 11.7. The van der Waals surface area contributed by atoms with Crippen LogP contribution in [0.25, 0.3) is 27.9 Å². The van der Waals surface area contributed by atoms with Crippen LogP contribution in [0.3, 0.4) is 0 Å². The molecule has 2 heterocycles. The monoisotopic (exact) mass is 537 g/mol. The lowest BCUT2D eigenvalue weighted by molar-refractivity contribution is 0.112. The van der Waals surface area contributed by atoms with Crippen molar-refractivity contribution in [1.29, 1.82) is 0 Å². The van der Waals surface area contributed by atoms with Crippen LogP contribution in [-0.2, 0) is 0 Å². The number of ether oxygens (including phenoxy) is 1. The van der Waals surface area contributed by atoms with E-state index in [2.05, 4.69) is 59.9 Å². The molecule has 0 N–H and O–H groups in total. The van der Waals surface area contributed by atoms with Gasteiger partial charge in [-0.25, -0.2) is 0 Å². The minimum Gasteiger partial charge on any atom is -0.491 e. The Bertz CT molecular complexity index is 1280. The molecule has 40 heavy (non-hydrogen) atoms. The van der Waals surface area contributed by atoms with E-state index in [1.165, 1.54) is 83.5 Å². The summed E-state index contributed by atoms with van der Waals surface area (Å²) < 4.78 is 8.75. The molecule has 0 bridgehead atoms. The van der Waals surface area contributed by atoms with Gasteiger partial charge in [0.1, 0.15) is 6.29 Å². The quantitative estimate of drug-likeness (QED) is 0.0879. The summed E-state index contributed by atoms with van der Waals surface area (Å²) in [6.07, 6.45) is 21.7. The van der Waals surface area contributed by atoms with E-state index >= 15 is 0 Å². The molecule has 212 valence electrons. The van der Waals surface area contributed by atoms with Crippen molar-refractivity contribution in [3.05, 3.63) is 84.6 Å². The van der Waals surface area contributed by atoms with Crippen LogP contribution < -0.4 is 4.74 Å². The highest BCUT2D eigenvalue weighted by Crippen LogP contribution is 2.44. The van der Waals surface area contributed by atoms with E-state index in [4.69, 9.17) is 4.74 Å². The molecule has 4 rings (SSSR count). The van der Waals surface area contributed by atoms with Gasteiger partial charge in [-0.2, -0.15) is 0 Å². The van der Waals surface area contributed by atoms with Crippen LogP contribution in [0.5, 0.6) is 5.75 Å². The summed E-state index contributed by atoms with van der Waals surface area (Å²) in [5, 5.41) is 0. The minimum atomic E-state index is 0.658. The third-order valence-electron chi connectivity index (χ3n) is 7.91. The van der Waals surface area contributed by atoms with E-state index in [-0.39, 0.29) is 0 Å². The van der Waals surface area contributed by atoms with E-state index < -0.39 is 0 Å². The highest BCUT2D eigenvalue weighted by Gasteiger charge is 2.22. The molecule has 3 heteroatoms. The second kappa shape index (κ2) is 16.7. The zero-order valence-corrected chi connectivity index (χ0v) is 24.5. The summed E-state index contributed by atoms with van der Waals surface area (Å²) in [6.45, 7) is 2.96. The molecular formula is C37H47NO2. The van der Waals surface area contributed by atoms with Crippen LogP contribution in [0.2, 0.25) is 0 Å². The fraction of sp³-hybridized carbons (Fsp3) is 0.432. The van der Waals surface area contributed by atoms with Gasteiger partial charge < -0.3 is 9.14 Å². The van der Waals surface area contributed by atoms with Gasteiger partial charge in [0.15, 0.2) is 5.75 Å². The molecule has 2 aromatic heterocycles. The third kappa shape index (κ3) is 8.34. The molecule has 2 aromatic carbocycles. The largest absolute Gasteiger partial charge is 0.491 e. The Morgan fingerprint density at radius 2 is 1.18 bits per heavy atom. The Balaban J connectivity index is 1.34. The van der Waals surface area contributed by atoms with Gasteiger partial charge in [-0.3, -0.25) is 4.79 Å². The Morgan fingerprint density at radius 3 is 1.73 bits per heavy atom. The van der Waals surface area contributed by atoms with Crippen LogP contribution in [0, 0.1) is 0 Å². The zero-order valence-electron chi connectivity index (χ0n) is 24.5. The second-order valence-corrected chi connectivity index (χ2v) is 11.1. The Labute approximate surface area is 241 Å². The lowest BCUT2D eigenvalue weighted by atomic mass is 10.0. The third-order valence-corrected chi connectivity index (χ3v) is 7.91. The molecule has 0 amide bonds. The number of aromatic nitrogens is 1. The molecule has 0 saturated carbocycles. The molecule has 4 aromatic rings. The number of hydrogen-bond donors (Lipinski definition) is 0. The molecule has 0 radical (unpaired) electrons. The van der Waals surface area contributed by atoms with Crippen molar-refractivity contribution in [2.24, 2.45) is 0 Å². The topological polar surface area (TPSA) is 30.7 Å². The first-order chi connectivity index (χ1) is 19.8. The standard InChI is InChI=1S/C37H47NO2/c1-2-3-4-5-6-7-8-9-10-11-12-13-14-21-28-40-37-34-29-31(30-39)26-27-38(34)36(33-24-19-16-20-25-33)35(37)32-22-17-15-18-23-32/h15-20,22-27,29-30H,2-14,21,28H2,1H3. The summed E-state index contributed by atoms with van der Waals surface area (Å²) in [6, 6.07) is 24.7. The van der Waals surface area contributed by atoms with Crippen molar-refractivity contribution in [3.8, 4) is 28.1 Å². The van der Waals surface area contributed by atoms with Crippen molar-refractivity contribution >= 4 is 11.8 Å². The van der Waals surface area contributed by atoms with E-state index in [1.807, 2.05) is 30.5 Å². The van der Waals surface area contributed by atoms with Crippen molar-refractivity contribution in [2.45, 2.75) is 96.8 Å². The van der Waals surface area contributed by atoms with Crippen molar-refractivity contribution in [2.75, 3.05) is 6.61 Å². The molecule has 0 aliphatic carbocycles. The Morgan fingerprint density at radius 1 is 0.650 bits per heavy atom. The smallest absolute Gasteiger partial charge is 0.153 e. The highest BCUT2D eigenvalue weighted by atomic mass is 16.5. The fourth-order valence-corrected chi connectivity index (χ4v) is 5.68. The molecule has 0 aliphatic heterocycles. The number of nitrogens with zero attached hydrogens (tertiary/aromatic N) is 1. The molecular weight excluding hydrogens is 490 g/mol. The van der Waals surface area contributed by atoms with Crippen LogP contribution >= 0.6 is 0 Å². The second-order valence-electron chi connectivity index (χ2n) is 11.1. The average molecular weight is 538 g/mol. The number of hydrogen-bond acceptors (Lipinski definition) is 2. The average Bonchev–Trinajstić information content (AvgIpc) is 3.33. The first kappa shape index (κ1) is 29.6. The van der Waals surface area contributed by atoms with Gasteiger partial charge in [0.2, 0.25) is 0 Å². The first-order valence-corrected chi connectivity index (χ1v) is 15.7. The number of pyridine rings is 1. The minimum absolute atomic E-state index is 0.658. The summed E-state index contributed by atoms with van der Waals surface area (Å²) in [4.78, 5) is 11.7. The lowest BCUT2D eigenvalue weighted by Gasteiger charge is -2.10. The Kier molecular flexibility index (Phi) is 12.4. The normalized spacial score (nSPS) is 11.2. The van der Waals surface area contributed by atoms with Gasteiger partial charge in [0, 0.05) is 11.8 Å². The van der Waals surface area contributed by atoms with Gasteiger partial charge in [-0.15, -0.1) is 0 Å². The van der Waals surface area contributed by atoms with Gasteiger partial charge in [-0.1, -0.05) is 151 Å². The van der Waals surface area contributed by atoms with E-state index in [0.717, 1.165) is 46.4 Å². The van der Waals surface area contributed by atoms with Gasteiger partial charge >= 0.3 is 0 Å². The predicted octanol–water partition coefficient (Wildman–Crippen LogP) is 10.9. The molecule has 0 saturated heterocycles. The summed E-state index contributed by atoms with van der Waals surface area (Å²) in [5.41, 5.74) is 6.02. The van der Waals surface area contributed by atoms with Crippen molar-refractivity contribution in [3.63, 3.8) is 0 Å². The lowest BCUT2D eigenvalue weighted by Crippen LogP contribution is -1.98. The van der Waals surface area contributed by atoms with Crippen molar-refractivity contribution in [1.82, 2.24) is 4.40 Å². The SMILES string of the molecule is CCCCCCCCCCCCCCCCOc1c(-c2ccccc2)c(-c2ccccc2)n2ccc(C=O)cc12. The van der Waals surface area contributed by atoms with Crippen LogP contribution in [-0.4, -0.2) is 17.3 Å². The van der Waals surface area contributed by atoms with E-state index in [9.17, 15) is 4.79 Å². The number of unbranched alkanes of at least 4 members (excludes halogenated alkanes) is 13. The van der Waals surface area contributed by atoms with Gasteiger partial charge in [-0.05, 0) is 29.7 Å². The maximum Gasteiger partial charge on any atom is 0.153 e. The number of benzene rings is 2. The van der Waals surface area contributed by atoms with Crippen molar-refractivity contribution < 1.29 is 9.53 Å². The Hall–Kier alpha value is -3.33. The molecule has 0 spiro atoms. The van der Waals surface area contributed by atoms with E-state index in [0.29, 0.717) is 12.2 Å². The fourth-order valence-electron chi connectivity index (χ4n) is 5.68. The van der Waals surface area contributed by atoms with Crippen LogP contribution in [0.4, 0.5) is 0 Å². The zero-order chi connectivity index (χ0) is 27.8. The summed E-state index contributed by atoms with van der Waals surface area (Å²) in [5.74, 6) is 0.864. The number of aldehydes is 1. The number of fused-ring (bicyclic) bond motifs is 1. The number of carbonyl (C=O) groups excluding carboxylic acids is 1. The summed E-state index contributed by atoms with van der Waals surface area (Å²) >= 11 is 0. The summed E-state index contributed by atoms with van der Waals surface area (Å²) in [7, 11) is 0. The number of rotatable bonds is 19. The molecule has 0 fully saturated rings. The van der Waals surface area contributed by atoms with Crippen LogP contribution in [0.1, 0.15) is 107 Å². The maximum atomic E-state index is 11.7. The number of carbonyl (C=O) groups is 1. The van der Waals surface area contributed by atoms with Crippen LogP contribution in [0.15, 0.2) is 79.0 Å². The van der Waals surface area contributed by atoms with Gasteiger partial charge in [0.25, 0.3) is 0 Å². The highest BCUT2D eigenvalue weighted by molar-refractivity contribution is 5.95. The molecule has 0 unspecified atom stereocenters. The first-order valence-electron chi connectivity index (χ1n) is 15.7. The molecule has 0 atom stereocenters. The van der Waals surface area contributed by atoms with Gasteiger partial charge in [0.05, 0.1) is 23.4 Å². The predicted molar refractivity (Wildman–Crippen MR) is 169 cm³/mol. The molecule has 3 nitrogen and oxygen atoms in total. The van der Waals surface area contributed by atoms with E-state index in [1.54, 1.807) is 0 Å².